The summed E-state index contributed by atoms with van der Waals surface area (Å²) in [5, 5.41) is 7.78. The lowest BCUT2D eigenvalue weighted by Crippen LogP contribution is -1.91. The summed E-state index contributed by atoms with van der Waals surface area (Å²) in [6.07, 6.45) is 7.46. The van der Waals surface area contributed by atoms with Crippen molar-refractivity contribution in [3.05, 3.63) is 146 Å². The van der Waals surface area contributed by atoms with Gasteiger partial charge in [0.2, 0.25) is 0 Å². The summed E-state index contributed by atoms with van der Waals surface area (Å²) < 4.78 is 0. The number of pyridine rings is 2. The van der Waals surface area contributed by atoms with E-state index >= 15 is 0 Å². The maximum atomic E-state index is 4.30. The maximum absolute atomic E-state index is 4.30. The fourth-order valence-corrected chi connectivity index (χ4v) is 6.06. The second-order valence-corrected chi connectivity index (χ2v) is 10.3. The molecule has 0 spiro atoms. The molecule has 0 aliphatic rings. The van der Waals surface area contributed by atoms with E-state index < -0.39 is 0 Å². The molecule has 2 heteroatoms. The molecule has 0 amide bonds. The van der Waals surface area contributed by atoms with Gasteiger partial charge in [-0.25, -0.2) is 0 Å². The zero-order valence-corrected chi connectivity index (χ0v) is 21.8. The Balaban J connectivity index is 1.36. The summed E-state index contributed by atoms with van der Waals surface area (Å²) >= 11 is 0. The quantitative estimate of drug-likeness (QED) is 0.221. The first-order chi connectivity index (χ1) is 19.8. The second kappa shape index (κ2) is 9.14. The minimum atomic E-state index is 1.12. The Morgan fingerprint density at radius 3 is 1.27 bits per heavy atom. The van der Waals surface area contributed by atoms with Crippen molar-refractivity contribution >= 4 is 32.3 Å². The SMILES string of the molecule is c1cncc(-c2ccc(-c3cc(-c4ccc(-c5cccnc5)cc4)c4ccc5cccc6ccc3c4c65)cc2)c1. The molecule has 6 aromatic carbocycles. The molecule has 8 rings (SSSR count). The third-order valence-electron chi connectivity index (χ3n) is 8.03. The number of hydrogen-bond acceptors (Lipinski definition) is 2. The molecule has 0 saturated carbocycles. The third-order valence-corrected chi connectivity index (χ3v) is 8.03. The first-order valence-electron chi connectivity index (χ1n) is 13.6. The van der Waals surface area contributed by atoms with Crippen LogP contribution in [0.5, 0.6) is 0 Å². The third kappa shape index (κ3) is 3.65. The molecule has 8 aromatic rings. The molecule has 0 unspecified atom stereocenters. The number of hydrogen-bond donors (Lipinski definition) is 0. The zero-order chi connectivity index (χ0) is 26.5. The van der Waals surface area contributed by atoms with Gasteiger partial charge in [-0.2, -0.15) is 0 Å². The van der Waals surface area contributed by atoms with E-state index in [2.05, 4.69) is 119 Å². The van der Waals surface area contributed by atoms with Crippen LogP contribution < -0.4 is 0 Å². The van der Waals surface area contributed by atoms with Crippen LogP contribution in [0.25, 0.3) is 76.8 Å². The molecule has 0 N–H and O–H groups in total. The van der Waals surface area contributed by atoms with Gasteiger partial charge in [0.25, 0.3) is 0 Å². The summed E-state index contributed by atoms with van der Waals surface area (Å²) in [5.74, 6) is 0. The van der Waals surface area contributed by atoms with E-state index in [1.165, 1.54) is 65.7 Å². The van der Waals surface area contributed by atoms with Crippen LogP contribution in [0, 0.1) is 0 Å². The Hall–Kier alpha value is -5.34. The van der Waals surface area contributed by atoms with Gasteiger partial charge >= 0.3 is 0 Å². The van der Waals surface area contributed by atoms with Crippen molar-refractivity contribution in [1.29, 1.82) is 0 Å². The molecule has 0 bridgehead atoms. The van der Waals surface area contributed by atoms with Crippen LogP contribution in [-0.2, 0) is 0 Å². The van der Waals surface area contributed by atoms with Crippen LogP contribution in [0.3, 0.4) is 0 Å². The average molecular weight is 509 g/mol. The largest absolute Gasteiger partial charge is 0.264 e. The monoisotopic (exact) mass is 508 g/mol. The van der Waals surface area contributed by atoms with Gasteiger partial charge in [0.1, 0.15) is 0 Å². The second-order valence-electron chi connectivity index (χ2n) is 10.3. The maximum Gasteiger partial charge on any atom is 0.0346 e. The minimum absolute atomic E-state index is 1.12. The van der Waals surface area contributed by atoms with Crippen molar-refractivity contribution in [3.8, 4) is 44.5 Å². The lowest BCUT2D eigenvalue weighted by molar-refractivity contribution is 1.33. The standard InChI is InChI=1S/C38H24N2/c1-4-29-16-18-33-35(27-12-8-25(9-13-27)31-6-2-20-39-23-31)22-36(34-19-17-30(5-1)37(29)38(33)34)28-14-10-26(11-15-28)32-7-3-21-40-24-32/h1-24H. The molecule has 0 fully saturated rings. The topological polar surface area (TPSA) is 25.8 Å². The highest BCUT2D eigenvalue weighted by molar-refractivity contribution is 6.28. The minimum Gasteiger partial charge on any atom is -0.264 e. The Morgan fingerprint density at radius 2 is 0.825 bits per heavy atom. The fraction of sp³-hybridized carbons (Fsp3) is 0. The van der Waals surface area contributed by atoms with Crippen LogP contribution in [0.2, 0.25) is 0 Å². The van der Waals surface area contributed by atoms with Crippen molar-refractivity contribution in [3.63, 3.8) is 0 Å². The van der Waals surface area contributed by atoms with E-state index in [0.717, 1.165) is 11.1 Å². The van der Waals surface area contributed by atoms with Gasteiger partial charge in [0, 0.05) is 24.8 Å². The highest BCUT2D eigenvalue weighted by atomic mass is 14.6. The first-order valence-corrected chi connectivity index (χ1v) is 13.6. The summed E-state index contributed by atoms with van der Waals surface area (Å²) in [6.45, 7) is 0. The normalized spacial score (nSPS) is 11.5. The Bertz CT molecular complexity index is 1970. The van der Waals surface area contributed by atoms with Gasteiger partial charge in [0.15, 0.2) is 0 Å². The molecule has 2 heterocycles. The fourth-order valence-electron chi connectivity index (χ4n) is 6.06. The van der Waals surface area contributed by atoms with Crippen LogP contribution in [0.15, 0.2) is 146 Å². The highest BCUT2D eigenvalue weighted by Crippen LogP contribution is 2.44. The van der Waals surface area contributed by atoms with Crippen molar-refractivity contribution < 1.29 is 0 Å². The Kier molecular flexibility index (Phi) is 5.17. The van der Waals surface area contributed by atoms with Gasteiger partial charge in [-0.05, 0) is 95.0 Å². The average Bonchev–Trinajstić information content (AvgIpc) is 3.04. The van der Waals surface area contributed by atoms with Crippen LogP contribution in [0.4, 0.5) is 0 Å². The van der Waals surface area contributed by atoms with Crippen LogP contribution >= 0.6 is 0 Å². The predicted octanol–water partition coefficient (Wildman–Crippen LogP) is 10.0. The number of benzene rings is 6. The van der Waals surface area contributed by atoms with E-state index in [9.17, 15) is 0 Å². The molecular formula is C38H24N2. The van der Waals surface area contributed by atoms with Crippen molar-refractivity contribution in [2.45, 2.75) is 0 Å². The molecule has 0 radical (unpaired) electrons. The van der Waals surface area contributed by atoms with E-state index in [4.69, 9.17) is 0 Å². The van der Waals surface area contributed by atoms with Crippen molar-refractivity contribution in [2.75, 3.05) is 0 Å². The molecule has 40 heavy (non-hydrogen) atoms. The van der Waals surface area contributed by atoms with E-state index in [-0.39, 0.29) is 0 Å². The van der Waals surface area contributed by atoms with E-state index in [1.54, 1.807) is 0 Å². The molecule has 2 nitrogen and oxygen atoms in total. The lowest BCUT2D eigenvalue weighted by atomic mass is 9.85. The highest BCUT2D eigenvalue weighted by Gasteiger charge is 2.17. The van der Waals surface area contributed by atoms with E-state index in [1.807, 2.05) is 36.9 Å². The molecule has 186 valence electrons. The van der Waals surface area contributed by atoms with Gasteiger partial charge in [-0.15, -0.1) is 0 Å². The predicted molar refractivity (Wildman–Crippen MR) is 167 cm³/mol. The summed E-state index contributed by atoms with van der Waals surface area (Å²) in [6, 6.07) is 44.0. The molecule has 0 atom stereocenters. The van der Waals surface area contributed by atoms with Gasteiger partial charge in [-0.1, -0.05) is 103 Å². The number of rotatable bonds is 4. The smallest absolute Gasteiger partial charge is 0.0346 e. The molecule has 0 aliphatic carbocycles. The van der Waals surface area contributed by atoms with Crippen molar-refractivity contribution in [1.82, 2.24) is 9.97 Å². The molecular weight excluding hydrogens is 484 g/mol. The van der Waals surface area contributed by atoms with Gasteiger partial charge in [0.05, 0.1) is 0 Å². The first kappa shape index (κ1) is 22.6. The van der Waals surface area contributed by atoms with Crippen molar-refractivity contribution in [2.24, 2.45) is 0 Å². The Morgan fingerprint density at radius 1 is 0.350 bits per heavy atom. The van der Waals surface area contributed by atoms with Gasteiger partial charge in [-0.3, -0.25) is 9.97 Å². The summed E-state index contributed by atoms with van der Waals surface area (Å²) in [5.41, 5.74) is 9.49. The molecule has 0 aliphatic heterocycles. The van der Waals surface area contributed by atoms with Crippen LogP contribution in [0.1, 0.15) is 0 Å². The van der Waals surface area contributed by atoms with Crippen LogP contribution in [-0.4, -0.2) is 9.97 Å². The van der Waals surface area contributed by atoms with E-state index in [0.29, 0.717) is 0 Å². The number of aromatic nitrogens is 2. The molecule has 2 aromatic heterocycles. The van der Waals surface area contributed by atoms with Gasteiger partial charge < -0.3 is 0 Å². The number of nitrogens with zero attached hydrogens (tertiary/aromatic N) is 2. The summed E-state index contributed by atoms with van der Waals surface area (Å²) in [4.78, 5) is 8.59. The zero-order valence-electron chi connectivity index (χ0n) is 21.8. The molecule has 0 saturated heterocycles. The summed E-state index contributed by atoms with van der Waals surface area (Å²) in [7, 11) is 0. The lowest BCUT2D eigenvalue weighted by Gasteiger charge is -2.18. The Labute approximate surface area is 232 Å².